The van der Waals surface area contributed by atoms with Crippen LogP contribution in [0.3, 0.4) is 0 Å². The zero-order valence-corrected chi connectivity index (χ0v) is 16.9. The molecule has 6 nitrogen and oxygen atoms in total. The van der Waals surface area contributed by atoms with Gasteiger partial charge in [0.15, 0.2) is 9.84 Å². The minimum atomic E-state index is -3.58. The van der Waals surface area contributed by atoms with E-state index in [1.807, 2.05) is 25.1 Å². The summed E-state index contributed by atoms with van der Waals surface area (Å²) in [4.78, 5) is 25.6. The number of hydrogen-bond donors (Lipinski definition) is 1. The summed E-state index contributed by atoms with van der Waals surface area (Å²) in [7, 11) is -3.58. The molecule has 2 amide bonds. The summed E-state index contributed by atoms with van der Waals surface area (Å²) in [5.41, 5.74) is 3.38. The van der Waals surface area contributed by atoms with E-state index in [0.29, 0.717) is 18.7 Å². The van der Waals surface area contributed by atoms with E-state index < -0.39 is 9.84 Å². The van der Waals surface area contributed by atoms with Crippen molar-refractivity contribution in [3.63, 3.8) is 0 Å². The molecule has 1 aliphatic rings. The van der Waals surface area contributed by atoms with Crippen LogP contribution in [0.4, 0.5) is 11.4 Å². The molecule has 0 atom stereocenters. The van der Waals surface area contributed by atoms with Crippen molar-refractivity contribution in [2.24, 2.45) is 0 Å². The summed E-state index contributed by atoms with van der Waals surface area (Å²) in [6.45, 7) is 4.09. The van der Waals surface area contributed by atoms with Crippen molar-refractivity contribution in [1.82, 2.24) is 0 Å². The molecule has 0 unspecified atom stereocenters. The van der Waals surface area contributed by atoms with Gasteiger partial charge in [0.25, 0.3) is 0 Å². The van der Waals surface area contributed by atoms with Gasteiger partial charge in [0.2, 0.25) is 11.8 Å². The van der Waals surface area contributed by atoms with Crippen molar-refractivity contribution < 1.29 is 18.0 Å². The Morgan fingerprint density at radius 1 is 1.14 bits per heavy atom. The van der Waals surface area contributed by atoms with Gasteiger partial charge >= 0.3 is 0 Å². The molecule has 2 aromatic rings. The number of sulfone groups is 1. The number of nitrogens with zero attached hydrogens (tertiary/aromatic N) is 1. The zero-order valence-electron chi connectivity index (χ0n) is 16.1. The van der Waals surface area contributed by atoms with Crippen LogP contribution in [0.15, 0.2) is 47.4 Å². The highest BCUT2D eigenvalue weighted by molar-refractivity contribution is 7.91. The molecular formula is C21H24N2O4S. The smallest absolute Gasteiger partial charge is 0.225 e. The Kier molecular flexibility index (Phi) is 5.84. The molecule has 0 saturated carbocycles. The highest BCUT2D eigenvalue weighted by Crippen LogP contribution is 2.30. The minimum absolute atomic E-state index is 0.0572. The number of benzene rings is 2. The van der Waals surface area contributed by atoms with Gasteiger partial charge in [-0.1, -0.05) is 19.1 Å². The van der Waals surface area contributed by atoms with Gasteiger partial charge in [-0.3, -0.25) is 9.59 Å². The Morgan fingerprint density at radius 2 is 1.93 bits per heavy atom. The zero-order chi connectivity index (χ0) is 20.3. The lowest BCUT2D eigenvalue weighted by Crippen LogP contribution is -2.25. The number of amides is 2. The lowest BCUT2D eigenvalue weighted by Gasteiger charge is -2.15. The third-order valence-corrected chi connectivity index (χ3v) is 6.62. The second-order valence-electron chi connectivity index (χ2n) is 6.88. The van der Waals surface area contributed by atoms with Crippen LogP contribution in [-0.2, 0) is 32.3 Å². The average Bonchev–Trinajstić information content (AvgIpc) is 3.10. The molecule has 0 fully saturated rings. The first kappa shape index (κ1) is 20.1. The summed E-state index contributed by atoms with van der Waals surface area (Å²) in [5, 5.41) is 2.75. The van der Waals surface area contributed by atoms with Crippen LogP contribution in [0.1, 0.15) is 31.4 Å². The molecule has 0 radical (unpaired) electrons. The molecule has 0 saturated heterocycles. The molecule has 0 aliphatic carbocycles. The SMILES string of the molecule is CCc1cccc(NC(=O)CCS(=O)(=O)c2ccc3c(c2)CCN3C(C)=O)c1. The number of hydrogen-bond acceptors (Lipinski definition) is 4. The van der Waals surface area contributed by atoms with Crippen LogP contribution in [0, 0.1) is 0 Å². The number of aryl methyl sites for hydroxylation is 1. The summed E-state index contributed by atoms with van der Waals surface area (Å²) in [6, 6.07) is 12.3. The van der Waals surface area contributed by atoms with Crippen LogP contribution in [0.5, 0.6) is 0 Å². The van der Waals surface area contributed by atoms with Crippen LogP contribution >= 0.6 is 0 Å². The minimum Gasteiger partial charge on any atom is -0.326 e. The van der Waals surface area contributed by atoms with Crippen molar-refractivity contribution in [3.8, 4) is 0 Å². The maximum atomic E-state index is 12.6. The lowest BCUT2D eigenvalue weighted by molar-refractivity contribution is -0.117. The Bertz CT molecular complexity index is 1010. The van der Waals surface area contributed by atoms with Gasteiger partial charge in [0, 0.05) is 31.3 Å². The van der Waals surface area contributed by atoms with Crippen molar-refractivity contribution in [2.75, 3.05) is 22.5 Å². The predicted octanol–water partition coefficient (Wildman–Crippen LogP) is 2.96. The molecule has 28 heavy (non-hydrogen) atoms. The van der Waals surface area contributed by atoms with Gasteiger partial charge in [-0.05, 0) is 54.3 Å². The van der Waals surface area contributed by atoms with Crippen LogP contribution in [0.25, 0.3) is 0 Å². The maximum Gasteiger partial charge on any atom is 0.225 e. The molecule has 3 rings (SSSR count). The largest absolute Gasteiger partial charge is 0.326 e. The third kappa shape index (κ3) is 4.42. The lowest BCUT2D eigenvalue weighted by atomic mass is 10.1. The van der Waals surface area contributed by atoms with E-state index in [4.69, 9.17) is 0 Å². The van der Waals surface area contributed by atoms with E-state index in [-0.39, 0.29) is 28.9 Å². The van der Waals surface area contributed by atoms with E-state index >= 15 is 0 Å². The quantitative estimate of drug-likeness (QED) is 0.808. The molecule has 2 aromatic carbocycles. The Morgan fingerprint density at radius 3 is 2.64 bits per heavy atom. The molecule has 0 bridgehead atoms. The van der Waals surface area contributed by atoms with Crippen molar-refractivity contribution >= 4 is 33.0 Å². The first-order valence-electron chi connectivity index (χ1n) is 9.32. The summed E-state index contributed by atoms with van der Waals surface area (Å²) in [6.07, 6.45) is 1.37. The fourth-order valence-electron chi connectivity index (χ4n) is 3.34. The molecular weight excluding hydrogens is 376 g/mol. The highest BCUT2D eigenvalue weighted by Gasteiger charge is 2.25. The average molecular weight is 401 g/mol. The number of carbonyl (C=O) groups excluding carboxylic acids is 2. The highest BCUT2D eigenvalue weighted by atomic mass is 32.2. The fraction of sp³-hybridized carbons (Fsp3) is 0.333. The molecule has 1 aliphatic heterocycles. The topological polar surface area (TPSA) is 83.6 Å². The van der Waals surface area contributed by atoms with E-state index in [2.05, 4.69) is 5.32 Å². The van der Waals surface area contributed by atoms with Gasteiger partial charge in [-0.2, -0.15) is 0 Å². The second-order valence-corrected chi connectivity index (χ2v) is 8.99. The second kappa shape index (κ2) is 8.14. The van der Waals surface area contributed by atoms with E-state index in [9.17, 15) is 18.0 Å². The van der Waals surface area contributed by atoms with Gasteiger partial charge in [0.05, 0.1) is 10.6 Å². The number of nitrogens with one attached hydrogen (secondary N) is 1. The normalized spacial score (nSPS) is 13.3. The monoisotopic (exact) mass is 400 g/mol. The van der Waals surface area contributed by atoms with Crippen LogP contribution in [0.2, 0.25) is 0 Å². The van der Waals surface area contributed by atoms with E-state index in [1.54, 1.807) is 23.1 Å². The van der Waals surface area contributed by atoms with Crippen molar-refractivity contribution in [1.29, 1.82) is 0 Å². The molecule has 1 heterocycles. The predicted molar refractivity (Wildman–Crippen MR) is 109 cm³/mol. The molecule has 7 heteroatoms. The Balaban J connectivity index is 1.65. The molecule has 0 aromatic heterocycles. The van der Waals surface area contributed by atoms with Gasteiger partial charge in [-0.25, -0.2) is 8.42 Å². The maximum absolute atomic E-state index is 12.6. The molecule has 1 N–H and O–H groups in total. The molecule has 0 spiro atoms. The first-order valence-corrected chi connectivity index (χ1v) is 11.0. The van der Waals surface area contributed by atoms with Gasteiger partial charge in [-0.15, -0.1) is 0 Å². The van der Waals surface area contributed by atoms with Gasteiger partial charge < -0.3 is 10.2 Å². The third-order valence-electron chi connectivity index (χ3n) is 4.90. The standard InChI is InChI=1S/C21H24N2O4S/c1-3-16-5-4-6-18(13-16)22-21(25)10-12-28(26,27)19-7-8-20-17(14-19)9-11-23(20)15(2)24/h4-8,13-14H,3,9-12H2,1-2H3,(H,22,25). The van der Waals surface area contributed by atoms with Crippen molar-refractivity contribution in [3.05, 3.63) is 53.6 Å². The summed E-state index contributed by atoms with van der Waals surface area (Å²) in [5.74, 6) is -0.652. The van der Waals surface area contributed by atoms with E-state index in [1.165, 1.54) is 13.0 Å². The summed E-state index contributed by atoms with van der Waals surface area (Å²) < 4.78 is 25.3. The Hall–Kier alpha value is -2.67. The fourth-order valence-corrected chi connectivity index (χ4v) is 4.62. The van der Waals surface area contributed by atoms with Crippen LogP contribution in [-0.4, -0.2) is 32.5 Å². The van der Waals surface area contributed by atoms with Crippen molar-refractivity contribution in [2.45, 2.75) is 38.0 Å². The van der Waals surface area contributed by atoms with Gasteiger partial charge in [0.1, 0.15) is 0 Å². The summed E-state index contributed by atoms with van der Waals surface area (Å²) >= 11 is 0. The number of rotatable bonds is 6. The van der Waals surface area contributed by atoms with Crippen LogP contribution < -0.4 is 10.2 Å². The molecule has 148 valence electrons. The number of carbonyl (C=O) groups is 2. The first-order chi connectivity index (χ1) is 13.3. The Labute approximate surface area is 165 Å². The number of fused-ring (bicyclic) bond motifs is 1. The van der Waals surface area contributed by atoms with E-state index in [0.717, 1.165) is 23.2 Å². The number of anilines is 2.